The predicted octanol–water partition coefficient (Wildman–Crippen LogP) is 2.24. The van der Waals surface area contributed by atoms with Crippen LogP contribution in [0, 0.1) is 0 Å². The SMILES string of the molecule is CN(CC(=O)N[C@H]1C[C@@H]1c1ccccc1Cl)c1cnccn1. The molecule has 0 radical (unpaired) electrons. The Morgan fingerprint density at radius 2 is 2.23 bits per heavy atom. The molecular weight excluding hydrogens is 300 g/mol. The molecule has 0 saturated heterocycles. The van der Waals surface area contributed by atoms with Gasteiger partial charge in [-0.25, -0.2) is 4.98 Å². The smallest absolute Gasteiger partial charge is 0.239 e. The lowest BCUT2D eigenvalue weighted by Crippen LogP contribution is -2.37. The number of anilines is 1. The van der Waals surface area contributed by atoms with Crippen LogP contribution in [0.3, 0.4) is 0 Å². The summed E-state index contributed by atoms with van der Waals surface area (Å²) in [4.78, 5) is 22.0. The van der Waals surface area contributed by atoms with E-state index in [0.29, 0.717) is 11.7 Å². The molecule has 0 spiro atoms. The fraction of sp³-hybridized carbons (Fsp3) is 0.312. The molecule has 1 amide bonds. The van der Waals surface area contributed by atoms with E-state index in [2.05, 4.69) is 15.3 Å². The summed E-state index contributed by atoms with van der Waals surface area (Å²) >= 11 is 6.19. The van der Waals surface area contributed by atoms with Crippen LogP contribution < -0.4 is 10.2 Å². The molecule has 0 bridgehead atoms. The van der Waals surface area contributed by atoms with Gasteiger partial charge in [0.25, 0.3) is 0 Å². The first-order valence-electron chi connectivity index (χ1n) is 7.16. The Bertz CT molecular complexity index is 664. The van der Waals surface area contributed by atoms with Crippen molar-refractivity contribution in [3.05, 3.63) is 53.4 Å². The van der Waals surface area contributed by atoms with Crippen LogP contribution in [-0.4, -0.2) is 35.5 Å². The number of aromatic nitrogens is 2. The number of halogens is 1. The van der Waals surface area contributed by atoms with Crippen LogP contribution in [-0.2, 0) is 4.79 Å². The predicted molar refractivity (Wildman–Crippen MR) is 86.0 cm³/mol. The summed E-state index contributed by atoms with van der Waals surface area (Å²) < 4.78 is 0. The standard InChI is InChI=1S/C16H17ClN4O/c1-21(15-9-18-6-7-19-15)10-16(22)20-14-8-12(14)11-4-2-3-5-13(11)17/h2-7,9,12,14H,8,10H2,1H3,(H,20,22)/t12-,14+/m1/s1. The second-order valence-electron chi connectivity index (χ2n) is 5.46. The van der Waals surface area contributed by atoms with E-state index in [4.69, 9.17) is 11.6 Å². The molecule has 22 heavy (non-hydrogen) atoms. The summed E-state index contributed by atoms with van der Waals surface area (Å²) in [6.07, 6.45) is 5.79. The van der Waals surface area contributed by atoms with Crippen molar-refractivity contribution in [1.29, 1.82) is 0 Å². The van der Waals surface area contributed by atoms with E-state index in [1.807, 2.05) is 31.3 Å². The minimum absolute atomic E-state index is 0.0206. The third-order valence-corrected chi connectivity index (χ3v) is 4.11. The second kappa shape index (κ2) is 6.32. The molecule has 5 nitrogen and oxygen atoms in total. The van der Waals surface area contributed by atoms with Crippen molar-refractivity contribution in [2.24, 2.45) is 0 Å². The zero-order chi connectivity index (χ0) is 15.5. The number of benzene rings is 1. The number of nitrogens with zero attached hydrogens (tertiary/aromatic N) is 3. The molecule has 1 heterocycles. The minimum Gasteiger partial charge on any atom is -0.351 e. The van der Waals surface area contributed by atoms with Crippen molar-refractivity contribution in [2.75, 3.05) is 18.5 Å². The highest BCUT2D eigenvalue weighted by molar-refractivity contribution is 6.31. The molecule has 1 aromatic carbocycles. The second-order valence-corrected chi connectivity index (χ2v) is 5.86. The van der Waals surface area contributed by atoms with E-state index < -0.39 is 0 Å². The topological polar surface area (TPSA) is 58.1 Å². The van der Waals surface area contributed by atoms with Gasteiger partial charge in [0.15, 0.2) is 0 Å². The van der Waals surface area contributed by atoms with Gasteiger partial charge in [-0.1, -0.05) is 29.8 Å². The first kappa shape index (κ1) is 14.8. The number of carbonyl (C=O) groups is 1. The molecule has 1 aliphatic carbocycles. The van der Waals surface area contributed by atoms with Gasteiger partial charge in [-0.3, -0.25) is 9.78 Å². The van der Waals surface area contributed by atoms with Crippen LogP contribution >= 0.6 is 11.6 Å². The van der Waals surface area contributed by atoms with E-state index in [0.717, 1.165) is 17.0 Å². The van der Waals surface area contributed by atoms with Gasteiger partial charge in [-0.2, -0.15) is 0 Å². The Morgan fingerprint density at radius 3 is 2.95 bits per heavy atom. The molecule has 1 fully saturated rings. The maximum absolute atomic E-state index is 12.1. The Kier molecular flexibility index (Phi) is 4.24. The van der Waals surface area contributed by atoms with E-state index in [1.165, 1.54) is 0 Å². The van der Waals surface area contributed by atoms with E-state index in [9.17, 15) is 4.79 Å². The lowest BCUT2D eigenvalue weighted by atomic mass is 10.1. The molecule has 2 aromatic rings. The fourth-order valence-corrected chi connectivity index (χ4v) is 2.79. The van der Waals surface area contributed by atoms with Gasteiger partial charge in [0.2, 0.25) is 5.91 Å². The third kappa shape index (κ3) is 3.36. The number of nitrogens with one attached hydrogen (secondary N) is 1. The average molecular weight is 317 g/mol. The highest BCUT2D eigenvalue weighted by Gasteiger charge is 2.40. The number of amides is 1. The van der Waals surface area contributed by atoms with Gasteiger partial charge in [-0.15, -0.1) is 0 Å². The Hall–Kier alpha value is -2.14. The largest absolute Gasteiger partial charge is 0.351 e. The van der Waals surface area contributed by atoms with Crippen LogP contribution in [0.2, 0.25) is 5.02 Å². The zero-order valence-electron chi connectivity index (χ0n) is 12.2. The van der Waals surface area contributed by atoms with Crippen LogP contribution in [0.4, 0.5) is 5.82 Å². The number of likely N-dealkylation sites (N-methyl/N-ethyl adjacent to an activating group) is 1. The normalized spacial score (nSPS) is 19.5. The van der Waals surface area contributed by atoms with Crippen LogP contribution in [0.25, 0.3) is 0 Å². The summed E-state index contributed by atoms with van der Waals surface area (Å²) in [5.74, 6) is 0.975. The summed E-state index contributed by atoms with van der Waals surface area (Å²) in [5, 5.41) is 3.81. The monoisotopic (exact) mass is 316 g/mol. The molecule has 1 aliphatic rings. The van der Waals surface area contributed by atoms with Crippen LogP contribution in [0.15, 0.2) is 42.9 Å². The minimum atomic E-state index is -0.0206. The molecule has 1 N–H and O–H groups in total. The number of hydrogen-bond acceptors (Lipinski definition) is 4. The van der Waals surface area contributed by atoms with Crippen molar-refractivity contribution in [2.45, 2.75) is 18.4 Å². The van der Waals surface area contributed by atoms with Crippen molar-refractivity contribution in [3.63, 3.8) is 0 Å². The molecule has 1 aromatic heterocycles. The molecule has 114 valence electrons. The van der Waals surface area contributed by atoms with Gasteiger partial charge < -0.3 is 10.2 Å². The van der Waals surface area contributed by atoms with Gasteiger partial charge in [0.1, 0.15) is 5.82 Å². The highest BCUT2D eigenvalue weighted by atomic mass is 35.5. The summed E-state index contributed by atoms with van der Waals surface area (Å²) in [6, 6.07) is 7.96. The summed E-state index contributed by atoms with van der Waals surface area (Å²) in [5.41, 5.74) is 1.11. The van der Waals surface area contributed by atoms with E-state index >= 15 is 0 Å². The zero-order valence-corrected chi connectivity index (χ0v) is 13.0. The first-order chi connectivity index (χ1) is 10.6. The molecular formula is C16H17ClN4O. The van der Waals surface area contributed by atoms with Gasteiger partial charge in [-0.05, 0) is 18.1 Å². The van der Waals surface area contributed by atoms with Crippen molar-refractivity contribution in [3.8, 4) is 0 Å². The highest BCUT2D eigenvalue weighted by Crippen LogP contribution is 2.43. The Balaban J connectivity index is 1.53. The fourth-order valence-electron chi connectivity index (χ4n) is 2.51. The van der Waals surface area contributed by atoms with Gasteiger partial charge in [0.05, 0.1) is 12.7 Å². The number of hydrogen-bond donors (Lipinski definition) is 1. The molecule has 1 saturated carbocycles. The lowest BCUT2D eigenvalue weighted by molar-refractivity contribution is -0.119. The molecule has 0 unspecified atom stereocenters. The van der Waals surface area contributed by atoms with Gasteiger partial charge >= 0.3 is 0 Å². The van der Waals surface area contributed by atoms with E-state index in [1.54, 1.807) is 23.5 Å². The van der Waals surface area contributed by atoms with Gasteiger partial charge in [0, 0.05) is 36.4 Å². The van der Waals surface area contributed by atoms with Crippen LogP contribution in [0.5, 0.6) is 0 Å². The van der Waals surface area contributed by atoms with Crippen LogP contribution in [0.1, 0.15) is 17.9 Å². The quantitative estimate of drug-likeness (QED) is 0.919. The maximum Gasteiger partial charge on any atom is 0.239 e. The Morgan fingerprint density at radius 1 is 1.41 bits per heavy atom. The first-order valence-corrected chi connectivity index (χ1v) is 7.54. The molecule has 0 aliphatic heterocycles. The number of rotatable bonds is 5. The molecule has 3 rings (SSSR count). The van der Waals surface area contributed by atoms with Crippen molar-refractivity contribution in [1.82, 2.24) is 15.3 Å². The number of carbonyl (C=O) groups excluding carboxylic acids is 1. The maximum atomic E-state index is 12.1. The lowest BCUT2D eigenvalue weighted by Gasteiger charge is -2.17. The van der Waals surface area contributed by atoms with Crippen molar-refractivity contribution < 1.29 is 4.79 Å². The Labute approximate surface area is 134 Å². The summed E-state index contributed by atoms with van der Waals surface area (Å²) in [6.45, 7) is 0.254. The third-order valence-electron chi connectivity index (χ3n) is 3.76. The summed E-state index contributed by atoms with van der Waals surface area (Å²) in [7, 11) is 1.82. The van der Waals surface area contributed by atoms with E-state index in [-0.39, 0.29) is 18.5 Å². The average Bonchev–Trinajstić information content (AvgIpc) is 3.27. The molecule has 2 atom stereocenters. The van der Waals surface area contributed by atoms with Crippen molar-refractivity contribution >= 4 is 23.3 Å². The molecule has 6 heteroatoms.